The van der Waals surface area contributed by atoms with Gasteiger partial charge in [-0.25, -0.2) is 0 Å². The Morgan fingerprint density at radius 3 is 2.31 bits per heavy atom. The molecule has 0 N–H and O–H groups in total. The van der Waals surface area contributed by atoms with Gasteiger partial charge < -0.3 is 19.1 Å². The zero-order valence-corrected chi connectivity index (χ0v) is 17.3. The molecule has 0 aromatic heterocycles. The van der Waals surface area contributed by atoms with Gasteiger partial charge in [-0.1, -0.05) is 6.07 Å². The van der Waals surface area contributed by atoms with Crippen LogP contribution in [0.5, 0.6) is 17.2 Å². The SMILES string of the molecule is COc1cc(C)c(CN(C)C(=O)COc2ccc(C)cc2Br)cc1OC. The van der Waals surface area contributed by atoms with Crippen LogP contribution in [0.3, 0.4) is 0 Å². The second-order valence-electron chi connectivity index (χ2n) is 6.11. The van der Waals surface area contributed by atoms with Crippen molar-refractivity contribution in [2.24, 2.45) is 0 Å². The zero-order chi connectivity index (χ0) is 19.3. The summed E-state index contributed by atoms with van der Waals surface area (Å²) in [4.78, 5) is 14.1. The largest absolute Gasteiger partial charge is 0.493 e. The number of carbonyl (C=O) groups is 1. The number of ether oxygens (including phenoxy) is 3. The van der Waals surface area contributed by atoms with Gasteiger partial charge in [-0.05, 0) is 70.7 Å². The molecule has 0 saturated heterocycles. The number of methoxy groups -OCH3 is 2. The Hall–Kier alpha value is -2.21. The molecule has 2 rings (SSSR count). The van der Waals surface area contributed by atoms with Gasteiger partial charge in [0.1, 0.15) is 5.75 Å². The summed E-state index contributed by atoms with van der Waals surface area (Å²) < 4.78 is 17.1. The van der Waals surface area contributed by atoms with Gasteiger partial charge in [-0.15, -0.1) is 0 Å². The first kappa shape index (κ1) is 20.1. The van der Waals surface area contributed by atoms with E-state index in [0.717, 1.165) is 21.2 Å². The van der Waals surface area contributed by atoms with Crippen LogP contribution in [0, 0.1) is 13.8 Å². The Balaban J connectivity index is 2.02. The number of rotatable bonds is 7. The molecule has 0 radical (unpaired) electrons. The lowest BCUT2D eigenvalue weighted by atomic mass is 10.1. The minimum Gasteiger partial charge on any atom is -0.493 e. The predicted octanol–water partition coefficient (Wildman–Crippen LogP) is 4.12. The summed E-state index contributed by atoms with van der Waals surface area (Å²) >= 11 is 3.45. The van der Waals surface area contributed by atoms with Crippen molar-refractivity contribution in [1.29, 1.82) is 0 Å². The van der Waals surface area contributed by atoms with Crippen LogP contribution in [0.1, 0.15) is 16.7 Å². The lowest BCUT2D eigenvalue weighted by molar-refractivity contribution is -0.132. The Labute approximate surface area is 163 Å². The van der Waals surface area contributed by atoms with Gasteiger partial charge in [-0.3, -0.25) is 4.79 Å². The number of amides is 1. The summed E-state index contributed by atoms with van der Waals surface area (Å²) in [7, 11) is 4.96. The average Bonchev–Trinajstić information content (AvgIpc) is 2.61. The maximum absolute atomic E-state index is 12.4. The Bertz CT molecular complexity index is 792. The highest BCUT2D eigenvalue weighted by atomic mass is 79.9. The molecule has 0 spiro atoms. The number of benzene rings is 2. The molecular weight excluding hydrogens is 398 g/mol. The minimum atomic E-state index is -0.105. The van der Waals surface area contributed by atoms with Crippen molar-refractivity contribution in [1.82, 2.24) is 4.90 Å². The monoisotopic (exact) mass is 421 g/mol. The molecule has 6 heteroatoms. The molecule has 0 atom stereocenters. The van der Waals surface area contributed by atoms with E-state index in [1.807, 2.05) is 44.2 Å². The predicted molar refractivity (Wildman–Crippen MR) is 105 cm³/mol. The van der Waals surface area contributed by atoms with Gasteiger partial charge in [0.05, 0.1) is 18.7 Å². The van der Waals surface area contributed by atoms with Gasteiger partial charge in [0, 0.05) is 13.6 Å². The molecule has 26 heavy (non-hydrogen) atoms. The normalized spacial score (nSPS) is 10.4. The third-order valence-electron chi connectivity index (χ3n) is 4.11. The molecule has 0 heterocycles. The van der Waals surface area contributed by atoms with Crippen LogP contribution in [0.25, 0.3) is 0 Å². The smallest absolute Gasteiger partial charge is 0.260 e. The zero-order valence-electron chi connectivity index (χ0n) is 15.8. The summed E-state index contributed by atoms with van der Waals surface area (Å²) in [6.07, 6.45) is 0. The summed E-state index contributed by atoms with van der Waals surface area (Å²) in [5, 5.41) is 0. The summed E-state index contributed by atoms with van der Waals surface area (Å²) in [5.41, 5.74) is 3.15. The Morgan fingerprint density at radius 2 is 1.69 bits per heavy atom. The van der Waals surface area contributed by atoms with Crippen molar-refractivity contribution in [3.05, 3.63) is 51.5 Å². The third kappa shape index (κ3) is 4.91. The highest BCUT2D eigenvalue weighted by molar-refractivity contribution is 9.10. The van der Waals surface area contributed by atoms with Crippen LogP contribution < -0.4 is 14.2 Å². The topological polar surface area (TPSA) is 48.0 Å². The molecule has 5 nitrogen and oxygen atoms in total. The maximum atomic E-state index is 12.4. The van der Waals surface area contributed by atoms with E-state index in [0.29, 0.717) is 23.8 Å². The quantitative estimate of drug-likeness (QED) is 0.674. The first-order valence-electron chi connectivity index (χ1n) is 8.20. The molecule has 0 fully saturated rings. The number of aryl methyl sites for hydroxylation is 2. The van der Waals surface area contributed by atoms with Crippen molar-refractivity contribution in [3.8, 4) is 17.2 Å². The lowest BCUT2D eigenvalue weighted by Gasteiger charge is -2.20. The van der Waals surface area contributed by atoms with Crippen LogP contribution >= 0.6 is 15.9 Å². The lowest BCUT2D eigenvalue weighted by Crippen LogP contribution is -2.31. The minimum absolute atomic E-state index is 0.0233. The van der Waals surface area contributed by atoms with Crippen molar-refractivity contribution in [3.63, 3.8) is 0 Å². The number of hydrogen-bond donors (Lipinski definition) is 0. The first-order chi connectivity index (χ1) is 12.3. The van der Waals surface area contributed by atoms with Crippen molar-refractivity contribution < 1.29 is 19.0 Å². The second kappa shape index (κ2) is 8.94. The fourth-order valence-corrected chi connectivity index (χ4v) is 3.12. The van der Waals surface area contributed by atoms with Gasteiger partial charge >= 0.3 is 0 Å². The summed E-state index contributed by atoms with van der Waals surface area (Å²) in [5.74, 6) is 1.87. The van der Waals surface area contributed by atoms with E-state index < -0.39 is 0 Å². The number of nitrogens with zero attached hydrogens (tertiary/aromatic N) is 1. The standard InChI is InChI=1S/C20H24BrNO4/c1-13-6-7-17(16(21)8-13)26-12-20(23)22(3)11-15-10-19(25-5)18(24-4)9-14(15)2/h6-10H,11-12H2,1-5H3. The number of carbonyl (C=O) groups excluding carboxylic acids is 1. The van der Waals surface area contributed by atoms with E-state index in [1.54, 1.807) is 26.2 Å². The molecule has 0 aliphatic heterocycles. The average molecular weight is 422 g/mol. The molecule has 1 amide bonds. The number of likely N-dealkylation sites (N-methyl/N-ethyl adjacent to an activating group) is 1. The highest BCUT2D eigenvalue weighted by Crippen LogP contribution is 2.31. The van der Waals surface area contributed by atoms with Crippen LogP contribution in [0.2, 0.25) is 0 Å². The fourth-order valence-electron chi connectivity index (χ4n) is 2.51. The number of hydrogen-bond acceptors (Lipinski definition) is 4. The number of halogens is 1. The molecular formula is C20H24BrNO4. The Morgan fingerprint density at radius 1 is 1.04 bits per heavy atom. The van der Waals surface area contributed by atoms with E-state index >= 15 is 0 Å². The molecule has 2 aromatic carbocycles. The molecule has 0 saturated carbocycles. The molecule has 0 aliphatic carbocycles. The van der Waals surface area contributed by atoms with Crippen molar-refractivity contribution >= 4 is 21.8 Å². The van der Waals surface area contributed by atoms with E-state index in [2.05, 4.69) is 15.9 Å². The molecule has 0 unspecified atom stereocenters. The van der Waals surface area contributed by atoms with Crippen LogP contribution in [0.15, 0.2) is 34.8 Å². The van der Waals surface area contributed by atoms with E-state index in [-0.39, 0.29) is 12.5 Å². The van der Waals surface area contributed by atoms with Crippen LogP contribution in [-0.2, 0) is 11.3 Å². The van der Waals surface area contributed by atoms with Gasteiger partial charge in [0.15, 0.2) is 18.1 Å². The third-order valence-corrected chi connectivity index (χ3v) is 4.73. The summed E-state index contributed by atoms with van der Waals surface area (Å²) in [6, 6.07) is 9.56. The first-order valence-corrected chi connectivity index (χ1v) is 8.99. The molecule has 2 aromatic rings. The van der Waals surface area contributed by atoms with Crippen LogP contribution in [-0.4, -0.2) is 38.7 Å². The van der Waals surface area contributed by atoms with Gasteiger partial charge in [-0.2, -0.15) is 0 Å². The highest BCUT2D eigenvalue weighted by Gasteiger charge is 2.15. The van der Waals surface area contributed by atoms with Crippen molar-refractivity contribution in [2.75, 3.05) is 27.9 Å². The molecule has 0 aliphatic rings. The van der Waals surface area contributed by atoms with Gasteiger partial charge in [0.2, 0.25) is 0 Å². The Kier molecular flexibility index (Phi) is 6.91. The molecule has 140 valence electrons. The van der Waals surface area contributed by atoms with E-state index in [1.165, 1.54) is 0 Å². The summed E-state index contributed by atoms with van der Waals surface area (Å²) in [6.45, 7) is 4.42. The van der Waals surface area contributed by atoms with Crippen LogP contribution in [0.4, 0.5) is 0 Å². The van der Waals surface area contributed by atoms with E-state index in [9.17, 15) is 4.79 Å². The second-order valence-corrected chi connectivity index (χ2v) is 6.96. The fraction of sp³-hybridized carbons (Fsp3) is 0.350. The molecule has 0 bridgehead atoms. The van der Waals surface area contributed by atoms with Gasteiger partial charge in [0.25, 0.3) is 5.91 Å². The van der Waals surface area contributed by atoms with E-state index in [4.69, 9.17) is 14.2 Å². The maximum Gasteiger partial charge on any atom is 0.260 e. The van der Waals surface area contributed by atoms with Crippen molar-refractivity contribution in [2.45, 2.75) is 20.4 Å².